The van der Waals surface area contributed by atoms with Crippen molar-refractivity contribution in [1.82, 2.24) is 5.32 Å². The predicted molar refractivity (Wildman–Crippen MR) is 67.3 cm³/mol. The van der Waals surface area contributed by atoms with Gasteiger partial charge in [-0.1, -0.05) is 6.92 Å². The smallest absolute Gasteiger partial charge is 0.231 e. The van der Waals surface area contributed by atoms with Crippen molar-refractivity contribution in [3.63, 3.8) is 0 Å². The van der Waals surface area contributed by atoms with Crippen molar-refractivity contribution in [3.05, 3.63) is 21.7 Å². The number of rotatable bonds is 4. The summed E-state index contributed by atoms with van der Waals surface area (Å²) < 4.78 is 12.0. The molecule has 1 heterocycles. The van der Waals surface area contributed by atoms with Gasteiger partial charge in [-0.25, -0.2) is 0 Å². The second-order valence-electron chi connectivity index (χ2n) is 3.77. The molecule has 0 aliphatic carbocycles. The lowest BCUT2D eigenvalue weighted by Gasteiger charge is -2.12. The molecule has 0 fully saturated rings. The zero-order chi connectivity index (χ0) is 11.5. The topological polar surface area (TPSA) is 30.5 Å². The lowest BCUT2D eigenvalue weighted by molar-refractivity contribution is 0.173. The molecule has 2 rings (SSSR count). The molecular weight excluding hydrogens is 270 g/mol. The molecule has 1 aliphatic rings. The van der Waals surface area contributed by atoms with E-state index in [2.05, 4.69) is 34.2 Å². The molecule has 1 aliphatic heterocycles. The lowest BCUT2D eigenvalue weighted by atomic mass is 10.0. The number of likely N-dealkylation sites (N-methyl/N-ethyl adjacent to an activating group) is 1. The van der Waals surface area contributed by atoms with Crippen LogP contribution in [0.1, 0.15) is 18.1 Å². The maximum atomic E-state index is 5.55. The molecule has 16 heavy (non-hydrogen) atoms. The SMILES string of the molecule is CCc1c(CCNC)cc(Br)c2c1OCO2. The van der Waals surface area contributed by atoms with E-state index < -0.39 is 0 Å². The van der Waals surface area contributed by atoms with Gasteiger partial charge in [-0.15, -0.1) is 0 Å². The van der Waals surface area contributed by atoms with Crippen LogP contribution in [0, 0.1) is 0 Å². The summed E-state index contributed by atoms with van der Waals surface area (Å²) in [5.74, 6) is 1.77. The Hall–Kier alpha value is -0.740. The summed E-state index contributed by atoms with van der Waals surface area (Å²) in [6.07, 6.45) is 1.98. The monoisotopic (exact) mass is 285 g/mol. The number of halogens is 1. The van der Waals surface area contributed by atoms with Gasteiger partial charge in [0.2, 0.25) is 6.79 Å². The van der Waals surface area contributed by atoms with Crippen LogP contribution in [-0.4, -0.2) is 20.4 Å². The number of nitrogens with one attached hydrogen (secondary N) is 1. The first-order valence-electron chi connectivity index (χ1n) is 5.52. The van der Waals surface area contributed by atoms with E-state index in [-0.39, 0.29) is 0 Å². The van der Waals surface area contributed by atoms with Gasteiger partial charge in [0.1, 0.15) is 0 Å². The van der Waals surface area contributed by atoms with Crippen LogP contribution >= 0.6 is 15.9 Å². The summed E-state index contributed by atoms with van der Waals surface area (Å²) >= 11 is 3.53. The highest BCUT2D eigenvalue weighted by molar-refractivity contribution is 9.10. The summed E-state index contributed by atoms with van der Waals surface area (Å²) in [5.41, 5.74) is 2.60. The minimum Gasteiger partial charge on any atom is -0.453 e. The molecule has 88 valence electrons. The van der Waals surface area contributed by atoms with Crippen LogP contribution in [-0.2, 0) is 12.8 Å². The van der Waals surface area contributed by atoms with Crippen molar-refractivity contribution in [2.45, 2.75) is 19.8 Å². The van der Waals surface area contributed by atoms with Gasteiger partial charge in [0.25, 0.3) is 0 Å². The van der Waals surface area contributed by atoms with Crippen molar-refractivity contribution in [3.8, 4) is 11.5 Å². The fourth-order valence-electron chi connectivity index (χ4n) is 2.00. The number of ether oxygens (including phenoxy) is 2. The summed E-state index contributed by atoms with van der Waals surface area (Å²) in [7, 11) is 1.97. The lowest BCUT2D eigenvalue weighted by Crippen LogP contribution is -2.11. The molecule has 1 aromatic rings. The highest BCUT2D eigenvalue weighted by atomic mass is 79.9. The maximum Gasteiger partial charge on any atom is 0.231 e. The van der Waals surface area contributed by atoms with Gasteiger partial charge in [-0.3, -0.25) is 0 Å². The van der Waals surface area contributed by atoms with Crippen LogP contribution in [0.2, 0.25) is 0 Å². The van der Waals surface area contributed by atoms with E-state index in [9.17, 15) is 0 Å². The summed E-state index contributed by atoms with van der Waals surface area (Å²) in [6, 6.07) is 2.14. The van der Waals surface area contributed by atoms with Crippen molar-refractivity contribution < 1.29 is 9.47 Å². The third kappa shape index (κ3) is 2.04. The van der Waals surface area contributed by atoms with Crippen molar-refractivity contribution >= 4 is 15.9 Å². The van der Waals surface area contributed by atoms with Crippen LogP contribution in [0.15, 0.2) is 10.5 Å². The minimum atomic E-state index is 0.330. The Morgan fingerprint density at radius 3 is 2.81 bits per heavy atom. The standard InChI is InChI=1S/C12H16BrNO2/c1-3-9-8(4-5-14-2)6-10(13)12-11(9)15-7-16-12/h6,14H,3-5,7H2,1-2H3. The van der Waals surface area contributed by atoms with E-state index in [4.69, 9.17) is 9.47 Å². The molecule has 0 unspecified atom stereocenters. The molecule has 0 atom stereocenters. The van der Waals surface area contributed by atoms with Crippen molar-refractivity contribution in [2.24, 2.45) is 0 Å². The van der Waals surface area contributed by atoms with E-state index >= 15 is 0 Å². The van der Waals surface area contributed by atoms with Crippen LogP contribution in [0.25, 0.3) is 0 Å². The minimum absolute atomic E-state index is 0.330. The fourth-order valence-corrected chi connectivity index (χ4v) is 2.57. The Morgan fingerprint density at radius 2 is 2.12 bits per heavy atom. The number of hydrogen-bond donors (Lipinski definition) is 1. The molecule has 0 saturated carbocycles. The molecule has 1 N–H and O–H groups in total. The third-order valence-electron chi connectivity index (χ3n) is 2.79. The van der Waals surface area contributed by atoms with Crippen molar-refractivity contribution in [1.29, 1.82) is 0 Å². The van der Waals surface area contributed by atoms with Gasteiger partial charge >= 0.3 is 0 Å². The molecule has 0 aromatic heterocycles. The summed E-state index contributed by atoms with van der Waals surface area (Å²) in [6.45, 7) is 3.45. The van der Waals surface area contributed by atoms with Crippen LogP contribution < -0.4 is 14.8 Å². The molecular formula is C12H16BrNO2. The number of benzene rings is 1. The van der Waals surface area contributed by atoms with Crippen LogP contribution in [0.3, 0.4) is 0 Å². The first kappa shape index (κ1) is 11.7. The molecule has 0 radical (unpaired) electrons. The van der Waals surface area contributed by atoms with Crippen molar-refractivity contribution in [2.75, 3.05) is 20.4 Å². The van der Waals surface area contributed by atoms with Crippen LogP contribution in [0.5, 0.6) is 11.5 Å². The zero-order valence-electron chi connectivity index (χ0n) is 9.60. The Balaban J connectivity index is 2.41. The molecule has 0 saturated heterocycles. The van der Waals surface area contributed by atoms with E-state index in [0.29, 0.717) is 6.79 Å². The highest BCUT2D eigenvalue weighted by Gasteiger charge is 2.22. The fraction of sp³-hybridized carbons (Fsp3) is 0.500. The molecule has 0 amide bonds. The normalized spacial score (nSPS) is 13.2. The second-order valence-corrected chi connectivity index (χ2v) is 4.62. The molecule has 0 spiro atoms. The van der Waals surface area contributed by atoms with Crippen LogP contribution in [0.4, 0.5) is 0 Å². The second kappa shape index (κ2) is 5.06. The van der Waals surface area contributed by atoms with Gasteiger partial charge in [0.15, 0.2) is 11.5 Å². The van der Waals surface area contributed by atoms with Gasteiger partial charge < -0.3 is 14.8 Å². The molecule has 1 aromatic carbocycles. The quantitative estimate of drug-likeness (QED) is 0.922. The number of fused-ring (bicyclic) bond motifs is 1. The van der Waals surface area contributed by atoms with E-state index in [1.807, 2.05) is 7.05 Å². The first-order chi connectivity index (χ1) is 7.77. The van der Waals surface area contributed by atoms with Gasteiger partial charge in [0.05, 0.1) is 4.47 Å². The summed E-state index contributed by atoms with van der Waals surface area (Å²) in [4.78, 5) is 0. The van der Waals surface area contributed by atoms with Gasteiger partial charge in [-0.2, -0.15) is 0 Å². The molecule has 4 heteroatoms. The molecule has 0 bridgehead atoms. The maximum absolute atomic E-state index is 5.55. The van der Waals surface area contributed by atoms with E-state index in [0.717, 1.165) is 35.4 Å². The first-order valence-corrected chi connectivity index (χ1v) is 6.31. The van der Waals surface area contributed by atoms with Gasteiger partial charge in [-0.05, 0) is 54.0 Å². The molecule has 3 nitrogen and oxygen atoms in total. The Bertz CT molecular complexity index is 393. The largest absolute Gasteiger partial charge is 0.453 e. The predicted octanol–water partition coefficient (Wildman–Crippen LogP) is 2.50. The zero-order valence-corrected chi connectivity index (χ0v) is 11.2. The van der Waals surface area contributed by atoms with Gasteiger partial charge in [0, 0.05) is 5.56 Å². The average Bonchev–Trinajstić information content (AvgIpc) is 2.76. The summed E-state index contributed by atoms with van der Waals surface area (Å²) in [5, 5.41) is 3.17. The van der Waals surface area contributed by atoms with E-state index in [1.165, 1.54) is 11.1 Å². The third-order valence-corrected chi connectivity index (χ3v) is 3.38. The Labute approximate surface area is 104 Å². The number of hydrogen-bond acceptors (Lipinski definition) is 3. The Morgan fingerprint density at radius 1 is 1.38 bits per heavy atom. The highest BCUT2D eigenvalue weighted by Crippen LogP contribution is 2.43. The van der Waals surface area contributed by atoms with E-state index in [1.54, 1.807) is 0 Å². The Kier molecular flexibility index (Phi) is 3.71. The average molecular weight is 286 g/mol.